The summed E-state index contributed by atoms with van der Waals surface area (Å²) >= 11 is 1.66. The van der Waals surface area contributed by atoms with Crippen LogP contribution in [0.5, 0.6) is 0 Å². The van der Waals surface area contributed by atoms with E-state index in [0.29, 0.717) is 0 Å². The van der Waals surface area contributed by atoms with Crippen LogP contribution in [-0.2, 0) is 0 Å². The first-order valence-corrected chi connectivity index (χ1v) is 7.19. The fraction of sp³-hybridized carbons (Fsp3) is 0.385. The Hall–Kier alpha value is -1.82. The summed E-state index contributed by atoms with van der Waals surface area (Å²) in [6.07, 6.45) is 0. The average molecular weight is 275 g/mol. The number of nitrogens with two attached hydrogens (primary N) is 1. The second-order valence-corrected chi connectivity index (χ2v) is 5.83. The van der Waals surface area contributed by atoms with Crippen molar-refractivity contribution in [3.05, 3.63) is 29.3 Å². The molecule has 0 aliphatic carbocycles. The smallest absolute Gasteiger partial charge is 0.208 e. The van der Waals surface area contributed by atoms with Gasteiger partial charge in [0.15, 0.2) is 0 Å². The number of rotatable bonds is 2. The quantitative estimate of drug-likeness (QED) is 0.846. The van der Waals surface area contributed by atoms with E-state index in [1.54, 1.807) is 11.3 Å². The molecule has 0 spiro atoms. The molecule has 1 saturated heterocycles. The number of nitrogen functional groups attached to an aromatic ring is 1. The van der Waals surface area contributed by atoms with Crippen molar-refractivity contribution in [3.8, 4) is 0 Å². The summed E-state index contributed by atoms with van der Waals surface area (Å²) in [5.74, 6) is 0. The second kappa shape index (κ2) is 5.05. The predicted octanol–water partition coefficient (Wildman–Crippen LogP) is 1.76. The fourth-order valence-corrected chi connectivity index (χ4v) is 3.03. The monoisotopic (exact) mass is 275 g/mol. The minimum absolute atomic E-state index is 0.819. The first-order chi connectivity index (χ1) is 9.22. The van der Waals surface area contributed by atoms with Crippen LogP contribution in [0.15, 0.2) is 24.3 Å². The number of benzene rings is 1. The van der Waals surface area contributed by atoms with Gasteiger partial charge in [0, 0.05) is 37.6 Å². The molecule has 19 heavy (non-hydrogen) atoms. The van der Waals surface area contributed by atoms with Gasteiger partial charge in [0.2, 0.25) is 5.13 Å². The molecule has 1 aliphatic rings. The Morgan fingerprint density at radius 3 is 2.47 bits per heavy atom. The van der Waals surface area contributed by atoms with E-state index in [4.69, 9.17) is 5.73 Å². The maximum absolute atomic E-state index is 5.83. The van der Waals surface area contributed by atoms with E-state index < -0.39 is 0 Å². The third-order valence-electron chi connectivity index (χ3n) is 3.30. The third-order valence-corrected chi connectivity index (χ3v) is 4.20. The molecule has 2 aromatic rings. The van der Waals surface area contributed by atoms with Gasteiger partial charge in [-0.3, -0.25) is 0 Å². The Balaban J connectivity index is 1.66. The molecule has 0 amide bonds. The van der Waals surface area contributed by atoms with Crippen LogP contribution < -0.4 is 15.5 Å². The van der Waals surface area contributed by atoms with Crippen molar-refractivity contribution in [2.75, 3.05) is 41.7 Å². The van der Waals surface area contributed by atoms with Crippen molar-refractivity contribution in [1.29, 1.82) is 0 Å². The van der Waals surface area contributed by atoms with Crippen LogP contribution >= 0.6 is 11.3 Å². The number of nitrogens with zero attached hydrogens (tertiary/aromatic N) is 4. The highest BCUT2D eigenvalue weighted by molar-refractivity contribution is 7.15. The Morgan fingerprint density at radius 2 is 1.84 bits per heavy atom. The summed E-state index contributed by atoms with van der Waals surface area (Å²) in [6.45, 7) is 5.92. The molecule has 0 unspecified atom stereocenters. The predicted molar refractivity (Wildman–Crippen MR) is 79.9 cm³/mol. The Bertz CT molecular complexity index is 560. The van der Waals surface area contributed by atoms with Crippen LogP contribution in [0.4, 0.5) is 16.5 Å². The number of aryl methyl sites for hydroxylation is 1. The lowest BCUT2D eigenvalue weighted by molar-refractivity contribution is 0.649. The lowest BCUT2D eigenvalue weighted by Gasteiger charge is -2.35. The largest absolute Gasteiger partial charge is 0.399 e. The molecule has 1 aliphatic heterocycles. The highest BCUT2D eigenvalue weighted by Crippen LogP contribution is 2.23. The molecule has 1 fully saturated rings. The summed E-state index contributed by atoms with van der Waals surface area (Å²) in [6, 6.07) is 8.07. The van der Waals surface area contributed by atoms with Gasteiger partial charge in [0.25, 0.3) is 0 Å². The zero-order valence-electron chi connectivity index (χ0n) is 10.9. The number of aromatic nitrogens is 2. The van der Waals surface area contributed by atoms with E-state index >= 15 is 0 Å². The molecule has 0 bridgehead atoms. The Labute approximate surface area is 116 Å². The highest BCUT2D eigenvalue weighted by atomic mass is 32.1. The topological polar surface area (TPSA) is 58.3 Å². The first kappa shape index (κ1) is 12.2. The van der Waals surface area contributed by atoms with Gasteiger partial charge in [-0.15, -0.1) is 10.2 Å². The summed E-state index contributed by atoms with van der Waals surface area (Å²) in [5, 5.41) is 10.3. The Kier molecular flexibility index (Phi) is 3.25. The number of anilines is 3. The van der Waals surface area contributed by atoms with Crippen molar-refractivity contribution >= 4 is 27.8 Å². The molecule has 1 aromatic heterocycles. The van der Waals surface area contributed by atoms with E-state index in [9.17, 15) is 0 Å². The van der Waals surface area contributed by atoms with Crippen molar-refractivity contribution < 1.29 is 0 Å². The van der Waals surface area contributed by atoms with Crippen LogP contribution in [0, 0.1) is 6.92 Å². The van der Waals surface area contributed by atoms with Gasteiger partial charge in [0.05, 0.1) is 0 Å². The van der Waals surface area contributed by atoms with Gasteiger partial charge < -0.3 is 15.5 Å². The average Bonchev–Trinajstić information content (AvgIpc) is 2.86. The van der Waals surface area contributed by atoms with Crippen LogP contribution in [0.3, 0.4) is 0 Å². The van der Waals surface area contributed by atoms with Gasteiger partial charge in [-0.1, -0.05) is 17.4 Å². The highest BCUT2D eigenvalue weighted by Gasteiger charge is 2.19. The molecule has 0 atom stereocenters. The maximum atomic E-state index is 5.83. The number of piperazine rings is 1. The van der Waals surface area contributed by atoms with Crippen LogP contribution in [0.25, 0.3) is 0 Å². The van der Waals surface area contributed by atoms with Crippen LogP contribution in [-0.4, -0.2) is 36.4 Å². The molecule has 1 aromatic carbocycles. The lowest BCUT2D eigenvalue weighted by Crippen LogP contribution is -2.46. The van der Waals surface area contributed by atoms with E-state index in [1.807, 2.05) is 25.1 Å². The van der Waals surface area contributed by atoms with E-state index in [0.717, 1.165) is 42.0 Å². The molecule has 2 heterocycles. The van der Waals surface area contributed by atoms with Gasteiger partial charge in [-0.05, 0) is 25.1 Å². The van der Waals surface area contributed by atoms with Crippen molar-refractivity contribution in [1.82, 2.24) is 10.2 Å². The van der Waals surface area contributed by atoms with Gasteiger partial charge in [-0.25, -0.2) is 0 Å². The fourth-order valence-electron chi connectivity index (χ4n) is 2.29. The first-order valence-electron chi connectivity index (χ1n) is 6.38. The van der Waals surface area contributed by atoms with Crippen molar-refractivity contribution in [3.63, 3.8) is 0 Å². The second-order valence-electron chi connectivity index (χ2n) is 4.67. The summed E-state index contributed by atoms with van der Waals surface area (Å²) in [5.41, 5.74) is 7.85. The number of hydrogen-bond acceptors (Lipinski definition) is 6. The molecule has 2 N–H and O–H groups in total. The SMILES string of the molecule is Cc1nnc(N2CCN(c3cccc(N)c3)CC2)s1. The summed E-state index contributed by atoms with van der Waals surface area (Å²) < 4.78 is 0. The Morgan fingerprint density at radius 1 is 1.11 bits per heavy atom. The standard InChI is InChI=1S/C13H17N5S/c1-10-15-16-13(19-10)18-7-5-17(6-8-18)12-4-2-3-11(14)9-12/h2-4,9H,5-8,14H2,1H3. The maximum Gasteiger partial charge on any atom is 0.208 e. The van der Waals surface area contributed by atoms with Gasteiger partial charge in [0.1, 0.15) is 5.01 Å². The van der Waals surface area contributed by atoms with E-state index in [-0.39, 0.29) is 0 Å². The summed E-state index contributed by atoms with van der Waals surface area (Å²) in [7, 11) is 0. The molecule has 5 nitrogen and oxygen atoms in total. The zero-order chi connectivity index (χ0) is 13.2. The molecule has 3 rings (SSSR count). The van der Waals surface area contributed by atoms with Crippen LogP contribution in [0.2, 0.25) is 0 Å². The van der Waals surface area contributed by atoms with Crippen LogP contribution in [0.1, 0.15) is 5.01 Å². The van der Waals surface area contributed by atoms with Crippen molar-refractivity contribution in [2.24, 2.45) is 0 Å². The molecular weight excluding hydrogens is 258 g/mol. The molecular formula is C13H17N5S. The van der Waals surface area contributed by atoms with E-state index in [2.05, 4.69) is 26.1 Å². The van der Waals surface area contributed by atoms with Gasteiger partial charge >= 0.3 is 0 Å². The molecule has 6 heteroatoms. The molecule has 0 radical (unpaired) electrons. The summed E-state index contributed by atoms with van der Waals surface area (Å²) in [4.78, 5) is 4.66. The number of hydrogen-bond donors (Lipinski definition) is 1. The molecule has 0 saturated carbocycles. The van der Waals surface area contributed by atoms with Crippen molar-refractivity contribution in [2.45, 2.75) is 6.92 Å². The molecule has 100 valence electrons. The van der Waals surface area contributed by atoms with Gasteiger partial charge in [-0.2, -0.15) is 0 Å². The zero-order valence-corrected chi connectivity index (χ0v) is 11.7. The minimum atomic E-state index is 0.819. The normalized spacial score (nSPS) is 15.8. The lowest BCUT2D eigenvalue weighted by atomic mass is 10.2. The minimum Gasteiger partial charge on any atom is -0.399 e. The third kappa shape index (κ3) is 2.63. The van der Waals surface area contributed by atoms with E-state index in [1.165, 1.54) is 5.69 Å².